The van der Waals surface area contributed by atoms with Gasteiger partial charge in [-0.3, -0.25) is 24.0 Å². The number of nitrogens with two attached hydrogens (primary N) is 2. The third kappa shape index (κ3) is 10.4. The van der Waals surface area contributed by atoms with E-state index in [2.05, 4.69) is 15.6 Å². The van der Waals surface area contributed by atoms with Gasteiger partial charge in [0.15, 0.2) is 0 Å². The summed E-state index contributed by atoms with van der Waals surface area (Å²) >= 11 is 0. The van der Waals surface area contributed by atoms with Crippen LogP contribution in [-0.2, 0) is 38.2 Å². The number of anilines is 1. The number of hydrazine groups is 1. The molecule has 5 rings (SSSR count). The number of fused-ring (bicyclic) bond motifs is 1. The molecular weight excluding hydrogens is 663 g/mol. The number of aryl methyl sites for hydroxylation is 1. The Bertz CT molecular complexity index is 1940. The summed E-state index contributed by atoms with van der Waals surface area (Å²) in [6, 6.07) is 34.3. The van der Waals surface area contributed by atoms with Gasteiger partial charge in [0.25, 0.3) is 0 Å². The van der Waals surface area contributed by atoms with E-state index in [0.717, 1.165) is 38.3 Å². The minimum Gasteiger partial charge on any atom is -0.376 e. The van der Waals surface area contributed by atoms with E-state index in [-0.39, 0.29) is 25.8 Å². The molecule has 4 atom stereocenters. The van der Waals surface area contributed by atoms with Crippen LogP contribution in [0.15, 0.2) is 121 Å². The van der Waals surface area contributed by atoms with Crippen molar-refractivity contribution in [3.05, 3.63) is 138 Å². The van der Waals surface area contributed by atoms with Crippen LogP contribution in [0.2, 0.25) is 0 Å². The van der Waals surface area contributed by atoms with Crippen LogP contribution in [0.25, 0.3) is 10.9 Å². The number of H-pyrrole nitrogens is 1. The van der Waals surface area contributed by atoms with E-state index in [1.165, 1.54) is 0 Å². The second-order valence-electron chi connectivity index (χ2n) is 12.7. The number of nitrogens with zero attached hydrogens (tertiary/aromatic N) is 1. The minimum atomic E-state index is -4.31. The maximum absolute atomic E-state index is 14.4. The van der Waals surface area contributed by atoms with Gasteiger partial charge in [-0.25, -0.2) is 5.84 Å². The Morgan fingerprint density at radius 2 is 1.43 bits per heavy atom. The standard InChI is InChI=1S/C39H45N6O5P/c40-38(47)35(24-31-25-43-34-22-11-10-21-33(31)34)45(41)39(48)30(18-12-17-28-13-4-1-5-14-28)27-51(49,50)37(23-29-15-6-2-7-16-29)44-36(46)26-42-32-19-8-3-9-20-32/h1-11,13-16,19-22,25,30,35,37,42-43H,12,17-18,23-24,26-27,41H2,(H2,40,47)(H,44,46)(H,49,50). The molecule has 0 spiro atoms. The number of primary amides is 1. The first-order valence-corrected chi connectivity index (χ1v) is 18.9. The van der Waals surface area contributed by atoms with E-state index >= 15 is 0 Å². The lowest BCUT2D eigenvalue weighted by atomic mass is 9.98. The molecule has 1 aromatic heterocycles. The summed E-state index contributed by atoms with van der Waals surface area (Å²) in [5, 5.41) is 7.49. The number of aromatic nitrogens is 1. The van der Waals surface area contributed by atoms with E-state index < -0.39 is 49.0 Å². The fourth-order valence-electron chi connectivity index (χ4n) is 6.25. The van der Waals surface area contributed by atoms with Crippen molar-refractivity contribution >= 4 is 41.7 Å². The highest BCUT2D eigenvalue weighted by atomic mass is 31.2. The van der Waals surface area contributed by atoms with Gasteiger partial charge in [-0.1, -0.05) is 97.1 Å². The molecule has 12 heteroatoms. The van der Waals surface area contributed by atoms with Gasteiger partial charge >= 0.3 is 0 Å². The zero-order valence-corrected chi connectivity index (χ0v) is 29.3. The average Bonchev–Trinajstić information content (AvgIpc) is 3.55. The van der Waals surface area contributed by atoms with Crippen LogP contribution in [0.5, 0.6) is 0 Å². The molecule has 11 nitrogen and oxygen atoms in total. The highest BCUT2D eigenvalue weighted by Gasteiger charge is 2.40. The Hall–Kier alpha value is -5.22. The smallest absolute Gasteiger partial charge is 0.242 e. The number of hydrogen-bond acceptors (Lipinski definition) is 6. The molecule has 1 heterocycles. The maximum atomic E-state index is 14.4. The largest absolute Gasteiger partial charge is 0.376 e. The molecule has 0 fully saturated rings. The molecule has 51 heavy (non-hydrogen) atoms. The summed E-state index contributed by atoms with van der Waals surface area (Å²) in [4.78, 5) is 55.1. The molecular formula is C39H45N6O5P. The lowest BCUT2D eigenvalue weighted by Gasteiger charge is -2.31. The minimum absolute atomic E-state index is 0.0518. The van der Waals surface area contributed by atoms with Crippen LogP contribution < -0.4 is 22.2 Å². The van der Waals surface area contributed by atoms with Gasteiger partial charge in [0, 0.05) is 47.7 Å². The van der Waals surface area contributed by atoms with Gasteiger partial charge in [0.05, 0.1) is 6.54 Å². The number of carbonyl (C=O) groups excluding carboxylic acids is 3. The molecule has 4 unspecified atom stereocenters. The number of aromatic amines is 1. The fraction of sp³-hybridized carbons (Fsp3) is 0.256. The molecule has 0 aliphatic heterocycles. The number of amides is 3. The quantitative estimate of drug-likeness (QED) is 0.0321. The summed E-state index contributed by atoms with van der Waals surface area (Å²) in [6.07, 6.45) is 2.75. The van der Waals surface area contributed by atoms with Crippen molar-refractivity contribution in [2.24, 2.45) is 17.5 Å². The lowest BCUT2D eigenvalue weighted by Crippen LogP contribution is -2.55. The van der Waals surface area contributed by atoms with Crippen molar-refractivity contribution in [3.63, 3.8) is 0 Å². The highest BCUT2D eigenvalue weighted by molar-refractivity contribution is 7.58. The number of nitrogens with one attached hydrogen (secondary N) is 3. The number of benzene rings is 4. The van der Waals surface area contributed by atoms with E-state index in [4.69, 9.17) is 11.6 Å². The normalized spacial score (nSPS) is 14.2. The molecule has 0 bridgehead atoms. The Morgan fingerprint density at radius 3 is 2.10 bits per heavy atom. The highest BCUT2D eigenvalue weighted by Crippen LogP contribution is 2.49. The van der Waals surface area contributed by atoms with Gasteiger partial charge in [-0.2, -0.15) is 0 Å². The second-order valence-corrected chi connectivity index (χ2v) is 15.2. The first-order chi connectivity index (χ1) is 24.6. The molecule has 0 radical (unpaired) electrons. The summed E-state index contributed by atoms with van der Waals surface area (Å²) in [5.41, 5.74) is 9.95. The van der Waals surface area contributed by atoms with Crippen molar-refractivity contribution < 1.29 is 23.8 Å². The molecule has 0 saturated carbocycles. The number of hydrogen-bond donors (Lipinski definition) is 6. The Labute approximate surface area is 297 Å². The second kappa shape index (κ2) is 17.6. The third-order valence-electron chi connectivity index (χ3n) is 9.01. The topological polar surface area (TPSA) is 184 Å². The van der Waals surface area contributed by atoms with Crippen LogP contribution in [0, 0.1) is 5.92 Å². The van der Waals surface area contributed by atoms with E-state index in [1.807, 2.05) is 115 Å². The number of carbonyl (C=O) groups is 3. The average molecular weight is 709 g/mol. The molecule has 0 aliphatic rings. The number of rotatable bonds is 18. The number of para-hydroxylation sites is 2. The molecule has 0 aliphatic carbocycles. The summed E-state index contributed by atoms with van der Waals surface area (Å²) in [5.74, 6) is 2.24. The summed E-state index contributed by atoms with van der Waals surface area (Å²) < 4.78 is 14.4. The predicted octanol–water partition coefficient (Wildman–Crippen LogP) is 4.97. The van der Waals surface area contributed by atoms with Gasteiger partial charge in [-0.15, -0.1) is 0 Å². The van der Waals surface area contributed by atoms with Gasteiger partial charge in [-0.05, 0) is 54.2 Å². The zero-order chi connectivity index (χ0) is 36.2. The Kier molecular flexibility index (Phi) is 12.8. The van der Waals surface area contributed by atoms with Crippen molar-refractivity contribution in [2.75, 3.05) is 18.0 Å². The van der Waals surface area contributed by atoms with Crippen molar-refractivity contribution in [1.29, 1.82) is 0 Å². The van der Waals surface area contributed by atoms with Crippen LogP contribution in [0.1, 0.15) is 29.5 Å². The van der Waals surface area contributed by atoms with E-state index in [1.54, 1.807) is 6.20 Å². The monoisotopic (exact) mass is 708 g/mol. The summed E-state index contributed by atoms with van der Waals surface area (Å²) in [7, 11) is -4.31. The molecule has 3 amide bonds. The lowest BCUT2D eigenvalue weighted by molar-refractivity contribution is -0.142. The Morgan fingerprint density at radius 1 is 0.824 bits per heavy atom. The molecule has 8 N–H and O–H groups in total. The molecule has 266 valence electrons. The predicted molar refractivity (Wildman–Crippen MR) is 201 cm³/mol. The first-order valence-electron chi connectivity index (χ1n) is 17.0. The zero-order valence-electron chi connectivity index (χ0n) is 28.4. The van der Waals surface area contributed by atoms with Crippen molar-refractivity contribution in [3.8, 4) is 0 Å². The Balaban J connectivity index is 1.38. The van der Waals surface area contributed by atoms with Gasteiger partial charge in [0.1, 0.15) is 11.8 Å². The van der Waals surface area contributed by atoms with Crippen LogP contribution >= 0.6 is 7.37 Å². The van der Waals surface area contributed by atoms with Crippen molar-refractivity contribution in [2.45, 2.75) is 43.9 Å². The molecule has 4 aromatic carbocycles. The van der Waals surface area contributed by atoms with E-state index in [9.17, 15) is 23.8 Å². The van der Waals surface area contributed by atoms with Crippen LogP contribution in [0.3, 0.4) is 0 Å². The molecule has 0 saturated heterocycles. The van der Waals surface area contributed by atoms with Crippen LogP contribution in [0.4, 0.5) is 5.69 Å². The van der Waals surface area contributed by atoms with Crippen LogP contribution in [-0.4, -0.2) is 57.1 Å². The van der Waals surface area contributed by atoms with E-state index in [0.29, 0.717) is 12.8 Å². The third-order valence-corrected chi connectivity index (χ3v) is 11.3. The summed E-state index contributed by atoms with van der Waals surface area (Å²) in [6.45, 7) is -0.126. The van der Waals surface area contributed by atoms with Crippen molar-refractivity contribution in [1.82, 2.24) is 15.3 Å². The molecule has 5 aromatic rings. The van der Waals surface area contributed by atoms with Gasteiger partial charge < -0.3 is 26.2 Å². The maximum Gasteiger partial charge on any atom is 0.242 e. The first kappa shape index (κ1) is 37.0. The SMILES string of the molecule is NC(=O)C(Cc1c[nH]c2ccccc12)N(N)C(=O)C(CCCc1ccccc1)CP(=O)(O)C(Cc1ccccc1)NC(=O)CNc1ccccc1. The van der Waals surface area contributed by atoms with Gasteiger partial charge in [0.2, 0.25) is 25.1 Å². The fourth-order valence-corrected chi connectivity index (χ4v) is 8.32.